The van der Waals surface area contributed by atoms with Crippen molar-refractivity contribution >= 4 is 17.7 Å². The first-order valence-corrected chi connectivity index (χ1v) is 8.35. The van der Waals surface area contributed by atoms with Gasteiger partial charge in [0.25, 0.3) is 0 Å². The van der Waals surface area contributed by atoms with Gasteiger partial charge in [-0.05, 0) is 44.9 Å². The minimum atomic E-state index is -0.481. The molecule has 5 nitrogen and oxygen atoms in total. The maximum absolute atomic E-state index is 11.9. The Kier molecular flexibility index (Phi) is 5.89. The van der Waals surface area contributed by atoms with E-state index in [-0.39, 0.29) is 18.2 Å². The molecule has 1 aliphatic heterocycles. The van der Waals surface area contributed by atoms with E-state index in [1.807, 2.05) is 45.0 Å². The molecule has 128 valence electrons. The van der Waals surface area contributed by atoms with Gasteiger partial charge in [-0.15, -0.1) is 0 Å². The Balaban J connectivity index is 1.93. The zero-order valence-corrected chi connectivity index (χ0v) is 14.8. The van der Waals surface area contributed by atoms with E-state index >= 15 is 0 Å². The number of ether oxygens (including phenoxy) is 1. The smallest absolute Gasteiger partial charge is 0.407 e. The molecule has 2 rings (SSSR count). The molecule has 6 heteroatoms. The van der Waals surface area contributed by atoms with Gasteiger partial charge in [0.1, 0.15) is 5.60 Å². The van der Waals surface area contributed by atoms with Crippen molar-refractivity contribution < 1.29 is 9.53 Å². The van der Waals surface area contributed by atoms with E-state index in [2.05, 4.69) is 10.2 Å². The highest BCUT2D eigenvalue weighted by atomic mass is 35.5. The lowest BCUT2D eigenvalue weighted by atomic mass is 10.1. The maximum Gasteiger partial charge on any atom is 0.407 e. The van der Waals surface area contributed by atoms with Crippen molar-refractivity contribution in [2.75, 3.05) is 19.6 Å². The number of carbonyl (C=O) groups is 1. The van der Waals surface area contributed by atoms with Crippen molar-refractivity contribution in [1.82, 2.24) is 10.2 Å². The van der Waals surface area contributed by atoms with Gasteiger partial charge in [-0.1, -0.05) is 23.7 Å². The lowest BCUT2D eigenvalue weighted by Gasteiger charge is -2.27. The molecule has 1 aromatic carbocycles. The molecule has 1 saturated heterocycles. The summed E-state index contributed by atoms with van der Waals surface area (Å²) in [6.07, 6.45) is 0.531. The molecule has 1 fully saturated rings. The van der Waals surface area contributed by atoms with Gasteiger partial charge in [0.05, 0.1) is 0 Å². The Morgan fingerprint density at radius 3 is 2.65 bits per heavy atom. The van der Waals surface area contributed by atoms with Gasteiger partial charge in [-0.25, -0.2) is 4.79 Å². The Morgan fingerprint density at radius 1 is 1.43 bits per heavy atom. The number of hydrogen-bond acceptors (Lipinski definition) is 4. The van der Waals surface area contributed by atoms with Gasteiger partial charge in [-0.3, -0.25) is 4.90 Å². The van der Waals surface area contributed by atoms with Crippen LogP contribution in [0.4, 0.5) is 4.79 Å². The average molecular weight is 340 g/mol. The number of amides is 1. The van der Waals surface area contributed by atoms with Crippen LogP contribution in [-0.2, 0) is 4.74 Å². The van der Waals surface area contributed by atoms with Gasteiger partial charge in [0.15, 0.2) is 0 Å². The molecule has 0 aliphatic carbocycles. The van der Waals surface area contributed by atoms with E-state index in [0.29, 0.717) is 6.54 Å². The van der Waals surface area contributed by atoms with Gasteiger partial charge < -0.3 is 15.8 Å². The number of hydrogen-bond donors (Lipinski definition) is 2. The lowest BCUT2D eigenvalue weighted by molar-refractivity contribution is 0.0504. The minimum Gasteiger partial charge on any atom is -0.444 e. The number of nitrogens with two attached hydrogens (primary N) is 1. The summed E-state index contributed by atoms with van der Waals surface area (Å²) in [5.74, 6) is 0. The number of nitrogens with zero attached hydrogens (tertiary/aromatic N) is 1. The van der Waals surface area contributed by atoms with Crippen LogP contribution >= 0.6 is 11.6 Å². The van der Waals surface area contributed by atoms with Gasteiger partial charge in [0, 0.05) is 36.7 Å². The lowest BCUT2D eigenvalue weighted by Crippen LogP contribution is -2.41. The fraction of sp³-hybridized carbons (Fsp3) is 0.588. The second-order valence-electron chi connectivity index (χ2n) is 6.93. The summed E-state index contributed by atoms with van der Waals surface area (Å²) in [4.78, 5) is 14.2. The molecule has 1 aliphatic rings. The van der Waals surface area contributed by atoms with Crippen molar-refractivity contribution in [2.45, 2.75) is 44.9 Å². The van der Waals surface area contributed by atoms with Crippen LogP contribution in [0.15, 0.2) is 24.3 Å². The minimum absolute atomic E-state index is 0.0891. The third-order valence-corrected chi connectivity index (χ3v) is 4.11. The van der Waals surface area contributed by atoms with Gasteiger partial charge in [-0.2, -0.15) is 0 Å². The van der Waals surface area contributed by atoms with E-state index in [0.717, 1.165) is 30.1 Å². The maximum atomic E-state index is 11.9. The second kappa shape index (κ2) is 7.51. The van der Waals surface area contributed by atoms with Crippen LogP contribution in [0.3, 0.4) is 0 Å². The fourth-order valence-corrected chi connectivity index (χ4v) is 2.97. The zero-order chi connectivity index (χ0) is 17.0. The SMILES string of the molecule is CC(C)(C)OC(=O)N[C@@H]1CCN([C@H](CN)c2ccc(Cl)cc2)C1. The first-order chi connectivity index (χ1) is 10.8. The van der Waals surface area contributed by atoms with Crippen molar-refractivity contribution in [2.24, 2.45) is 5.73 Å². The molecule has 1 aromatic rings. The summed E-state index contributed by atoms with van der Waals surface area (Å²) in [5.41, 5.74) is 6.63. The zero-order valence-electron chi connectivity index (χ0n) is 14.0. The summed E-state index contributed by atoms with van der Waals surface area (Å²) in [6.45, 7) is 7.77. The molecule has 0 bridgehead atoms. The standard InChI is InChI=1S/C17H26ClN3O2/c1-17(2,3)23-16(22)20-14-8-9-21(11-14)15(10-19)12-4-6-13(18)7-5-12/h4-7,14-15H,8-11,19H2,1-3H3,(H,20,22)/t14-,15-/m1/s1. The van der Waals surface area contributed by atoms with Gasteiger partial charge >= 0.3 is 6.09 Å². The van der Waals surface area contributed by atoms with Crippen molar-refractivity contribution in [3.05, 3.63) is 34.9 Å². The van der Waals surface area contributed by atoms with Crippen molar-refractivity contribution in [1.29, 1.82) is 0 Å². The Morgan fingerprint density at radius 2 is 2.09 bits per heavy atom. The highest BCUT2D eigenvalue weighted by Crippen LogP contribution is 2.25. The predicted molar refractivity (Wildman–Crippen MR) is 92.6 cm³/mol. The number of likely N-dealkylation sites (tertiary alicyclic amines) is 1. The molecule has 0 aromatic heterocycles. The summed E-state index contributed by atoms with van der Waals surface area (Å²) >= 11 is 5.95. The summed E-state index contributed by atoms with van der Waals surface area (Å²) in [7, 11) is 0. The number of carbonyl (C=O) groups excluding carboxylic acids is 1. The van der Waals surface area contributed by atoms with Crippen LogP contribution in [0.25, 0.3) is 0 Å². The molecule has 0 unspecified atom stereocenters. The largest absolute Gasteiger partial charge is 0.444 e. The molecule has 0 radical (unpaired) electrons. The fourth-order valence-electron chi connectivity index (χ4n) is 2.84. The predicted octanol–water partition coefficient (Wildman–Crippen LogP) is 2.94. The Hall–Kier alpha value is -1.30. The summed E-state index contributed by atoms with van der Waals surface area (Å²) in [6, 6.07) is 8.00. The average Bonchev–Trinajstić information content (AvgIpc) is 2.87. The van der Waals surface area contributed by atoms with E-state index in [1.165, 1.54) is 0 Å². The molecule has 2 atom stereocenters. The second-order valence-corrected chi connectivity index (χ2v) is 7.37. The first-order valence-electron chi connectivity index (χ1n) is 7.97. The number of nitrogens with one attached hydrogen (secondary N) is 1. The molecule has 3 N–H and O–H groups in total. The summed E-state index contributed by atoms with van der Waals surface area (Å²) in [5, 5.41) is 3.66. The highest BCUT2D eigenvalue weighted by Gasteiger charge is 2.30. The van der Waals surface area contributed by atoms with E-state index in [4.69, 9.17) is 22.1 Å². The number of benzene rings is 1. The van der Waals surface area contributed by atoms with Gasteiger partial charge in [0.2, 0.25) is 0 Å². The number of rotatable bonds is 4. The monoisotopic (exact) mass is 339 g/mol. The topological polar surface area (TPSA) is 67.6 Å². The quantitative estimate of drug-likeness (QED) is 0.885. The molecule has 0 spiro atoms. The third kappa shape index (κ3) is 5.37. The Labute approximate surface area is 143 Å². The van der Waals surface area contributed by atoms with E-state index in [1.54, 1.807) is 0 Å². The third-order valence-electron chi connectivity index (χ3n) is 3.86. The molecular formula is C17H26ClN3O2. The van der Waals surface area contributed by atoms with E-state index < -0.39 is 5.60 Å². The van der Waals surface area contributed by atoms with E-state index in [9.17, 15) is 4.79 Å². The van der Waals surface area contributed by atoms with Crippen LogP contribution in [0.2, 0.25) is 5.02 Å². The molecule has 23 heavy (non-hydrogen) atoms. The number of alkyl carbamates (subject to hydrolysis) is 1. The van der Waals surface area contributed by atoms with Crippen molar-refractivity contribution in [3.63, 3.8) is 0 Å². The molecule has 1 amide bonds. The number of halogens is 1. The highest BCUT2D eigenvalue weighted by molar-refractivity contribution is 6.30. The van der Waals surface area contributed by atoms with Crippen LogP contribution in [-0.4, -0.2) is 42.3 Å². The van der Waals surface area contributed by atoms with Crippen molar-refractivity contribution in [3.8, 4) is 0 Å². The van der Waals surface area contributed by atoms with Crippen LogP contribution in [0.1, 0.15) is 38.8 Å². The van der Waals surface area contributed by atoms with Crippen LogP contribution in [0.5, 0.6) is 0 Å². The van der Waals surface area contributed by atoms with Crippen LogP contribution in [0, 0.1) is 0 Å². The first kappa shape index (κ1) is 18.0. The molecule has 1 heterocycles. The Bertz CT molecular complexity index is 528. The van der Waals surface area contributed by atoms with Crippen LogP contribution < -0.4 is 11.1 Å². The normalized spacial score (nSPS) is 20.3. The molecular weight excluding hydrogens is 314 g/mol. The summed E-state index contributed by atoms with van der Waals surface area (Å²) < 4.78 is 5.31. The molecule has 0 saturated carbocycles.